The Morgan fingerprint density at radius 2 is 1.63 bits per heavy atom. The van der Waals surface area contributed by atoms with Gasteiger partial charge in [-0.05, 0) is 50.0 Å². The zero-order valence-corrected chi connectivity index (χ0v) is 22.8. The first-order valence-corrected chi connectivity index (χ1v) is 13.8. The fraction of sp³-hybridized carbons (Fsp3) is 0.655. The fourth-order valence-corrected chi connectivity index (χ4v) is 4.98. The van der Waals surface area contributed by atoms with E-state index in [0.29, 0.717) is 44.2 Å². The van der Waals surface area contributed by atoms with Gasteiger partial charge in [-0.2, -0.15) is 0 Å². The van der Waals surface area contributed by atoms with Crippen LogP contribution >= 0.6 is 0 Å². The minimum Gasteiger partial charge on any atom is -0.465 e. The number of carbonyl (C=O) groups excluding carboxylic acids is 2. The van der Waals surface area contributed by atoms with E-state index in [2.05, 4.69) is 0 Å². The van der Waals surface area contributed by atoms with Crippen molar-refractivity contribution in [1.82, 2.24) is 4.90 Å². The molecule has 2 aliphatic rings. The molecule has 1 fully saturated rings. The normalized spacial score (nSPS) is 22.1. The summed E-state index contributed by atoms with van der Waals surface area (Å²) in [6.45, 7) is 5.36. The van der Waals surface area contributed by atoms with Crippen LogP contribution in [0.5, 0.6) is 0 Å². The van der Waals surface area contributed by atoms with Crippen molar-refractivity contribution in [2.45, 2.75) is 57.7 Å². The summed E-state index contributed by atoms with van der Waals surface area (Å²) in [6.07, 6.45) is 7.41. The molecule has 0 unspecified atom stereocenters. The monoisotopic (exact) mass is 533 g/mol. The van der Waals surface area contributed by atoms with Crippen molar-refractivity contribution < 1.29 is 38.4 Å². The number of likely N-dealkylation sites (tertiary alicyclic amines) is 1. The number of esters is 1. The minimum absolute atomic E-state index is 0.0171. The van der Waals surface area contributed by atoms with E-state index in [9.17, 15) is 9.59 Å². The molecular weight excluding hydrogens is 490 g/mol. The Morgan fingerprint density at radius 1 is 0.974 bits per heavy atom. The second kappa shape index (κ2) is 16.5. The molecule has 1 N–H and O–H groups in total. The van der Waals surface area contributed by atoms with Gasteiger partial charge in [0.1, 0.15) is 0 Å². The molecule has 0 bridgehead atoms. The van der Waals surface area contributed by atoms with Crippen LogP contribution in [0.1, 0.15) is 67.3 Å². The number of nitrogens with zero attached hydrogens (tertiary/aromatic N) is 1. The first-order chi connectivity index (χ1) is 18.6. The lowest BCUT2D eigenvalue weighted by Gasteiger charge is -2.38. The number of aliphatic hydroxyl groups is 1. The number of benzene rings is 1. The third kappa shape index (κ3) is 8.80. The predicted octanol–water partition coefficient (Wildman–Crippen LogP) is 3.66. The van der Waals surface area contributed by atoms with Gasteiger partial charge in [0.2, 0.25) is 6.29 Å². The first kappa shape index (κ1) is 30.1. The predicted molar refractivity (Wildman–Crippen MR) is 142 cm³/mol. The molecule has 0 aromatic heterocycles. The third-order valence-electron chi connectivity index (χ3n) is 6.99. The second-order valence-corrected chi connectivity index (χ2v) is 9.57. The quantitative estimate of drug-likeness (QED) is 0.303. The fourth-order valence-electron chi connectivity index (χ4n) is 4.98. The highest BCUT2D eigenvalue weighted by Crippen LogP contribution is 2.39. The smallest absolute Gasteiger partial charge is 0.337 e. The standard InChI is InChI=1S/C29H43NO8/c1-3-37-29-24(13-17-35-19-20-36-18-16-31)25(22-9-11-23(12-10-22)28(33)34-2)21-26(38-29)27(32)30-14-7-5-4-6-8-15-30/h9-12,21,24-25,29,31H,3-8,13-20H2,1-2H3/t24-,25-,29-/m0/s1. The molecule has 2 aliphatic heterocycles. The number of hydrogen-bond donors (Lipinski definition) is 1. The van der Waals surface area contributed by atoms with Gasteiger partial charge in [0.15, 0.2) is 5.76 Å². The lowest BCUT2D eigenvalue weighted by molar-refractivity contribution is -0.172. The number of aliphatic hydroxyl groups excluding tert-OH is 1. The molecule has 1 aromatic carbocycles. The van der Waals surface area contributed by atoms with Crippen LogP contribution in [0.3, 0.4) is 0 Å². The average Bonchev–Trinajstić information content (AvgIpc) is 2.92. The summed E-state index contributed by atoms with van der Waals surface area (Å²) in [4.78, 5) is 27.5. The van der Waals surface area contributed by atoms with Gasteiger partial charge >= 0.3 is 5.97 Å². The Bertz CT molecular complexity index is 879. The molecule has 3 atom stereocenters. The van der Waals surface area contributed by atoms with E-state index in [1.54, 1.807) is 12.1 Å². The van der Waals surface area contributed by atoms with Crippen molar-refractivity contribution >= 4 is 11.9 Å². The summed E-state index contributed by atoms with van der Waals surface area (Å²) in [6, 6.07) is 7.28. The van der Waals surface area contributed by atoms with E-state index in [0.717, 1.165) is 44.3 Å². The van der Waals surface area contributed by atoms with E-state index in [4.69, 9.17) is 28.8 Å². The Balaban J connectivity index is 1.83. The zero-order chi connectivity index (χ0) is 27.2. The van der Waals surface area contributed by atoms with Gasteiger partial charge in [-0.25, -0.2) is 4.79 Å². The maximum atomic E-state index is 13.6. The maximum Gasteiger partial charge on any atom is 0.337 e. The SMILES string of the molecule is CCO[C@H]1OC(C(=O)N2CCCCCCC2)=C[C@@H](c2ccc(C(=O)OC)cc2)[C@@H]1CCOCCOCCO. The summed E-state index contributed by atoms with van der Waals surface area (Å²) in [5.74, 6) is -0.451. The lowest BCUT2D eigenvalue weighted by atomic mass is 9.81. The molecule has 0 spiro atoms. The Kier molecular flexibility index (Phi) is 13.1. The number of amides is 1. The highest BCUT2D eigenvalue weighted by molar-refractivity contribution is 5.92. The van der Waals surface area contributed by atoms with Gasteiger partial charge < -0.3 is 33.7 Å². The average molecular weight is 534 g/mol. The highest BCUT2D eigenvalue weighted by Gasteiger charge is 2.39. The maximum absolute atomic E-state index is 13.6. The van der Waals surface area contributed by atoms with Crippen molar-refractivity contribution in [3.05, 3.63) is 47.2 Å². The molecule has 0 aliphatic carbocycles. The van der Waals surface area contributed by atoms with Crippen LogP contribution in [-0.2, 0) is 28.5 Å². The topological polar surface area (TPSA) is 104 Å². The molecule has 38 heavy (non-hydrogen) atoms. The van der Waals surface area contributed by atoms with E-state index < -0.39 is 12.3 Å². The van der Waals surface area contributed by atoms with Crippen LogP contribution < -0.4 is 0 Å². The summed E-state index contributed by atoms with van der Waals surface area (Å²) in [7, 11) is 1.36. The van der Waals surface area contributed by atoms with Crippen molar-refractivity contribution in [3.8, 4) is 0 Å². The van der Waals surface area contributed by atoms with Crippen LogP contribution in [0.2, 0.25) is 0 Å². The molecule has 1 saturated heterocycles. The molecule has 9 nitrogen and oxygen atoms in total. The van der Waals surface area contributed by atoms with Crippen molar-refractivity contribution in [2.75, 3.05) is 59.8 Å². The molecule has 3 rings (SSSR count). The number of rotatable bonds is 13. The van der Waals surface area contributed by atoms with Gasteiger partial charge in [0.05, 0.1) is 39.1 Å². The van der Waals surface area contributed by atoms with E-state index >= 15 is 0 Å². The number of hydrogen-bond acceptors (Lipinski definition) is 8. The van der Waals surface area contributed by atoms with Gasteiger partial charge in [0.25, 0.3) is 5.91 Å². The van der Waals surface area contributed by atoms with Crippen LogP contribution in [0.15, 0.2) is 36.1 Å². The molecule has 2 heterocycles. The molecule has 212 valence electrons. The van der Waals surface area contributed by atoms with Gasteiger partial charge in [-0.3, -0.25) is 4.79 Å². The number of carbonyl (C=O) groups is 2. The Morgan fingerprint density at radius 3 is 2.26 bits per heavy atom. The molecule has 9 heteroatoms. The van der Waals surface area contributed by atoms with Crippen molar-refractivity contribution in [2.24, 2.45) is 5.92 Å². The van der Waals surface area contributed by atoms with E-state index in [1.165, 1.54) is 13.5 Å². The summed E-state index contributed by atoms with van der Waals surface area (Å²) in [5.41, 5.74) is 1.42. The number of allylic oxidation sites excluding steroid dienone is 1. The molecule has 0 radical (unpaired) electrons. The highest BCUT2D eigenvalue weighted by atomic mass is 16.7. The number of ether oxygens (including phenoxy) is 5. The second-order valence-electron chi connectivity index (χ2n) is 9.57. The van der Waals surface area contributed by atoms with Crippen LogP contribution in [0, 0.1) is 5.92 Å². The van der Waals surface area contributed by atoms with Crippen LogP contribution in [0.4, 0.5) is 0 Å². The molecule has 0 saturated carbocycles. The van der Waals surface area contributed by atoms with Crippen molar-refractivity contribution in [3.63, 3.8) is 0 Å². The van der Waals surface area contributed by atoms with Gasteiger partial charge in [-0.1, -0.05) is 31.4 Å². The number of methoxy groups -OCH3 is 1. The van der Waals surface area contributed by atoms with Crippen LogP contribution in [-0.4, -0.2) is 88.0 Å². The van der Waals surface area contributed by atoms with Gasteiger partial charge in [0, 0.05) is 38.1 Å². The largest absolute Gasteiger partial charge is 0.465 e. The van der Waals surface area contributed by atoms with E-state index in [1.807, 2.05) is 30.0 Å². The third-order valence-corrected chi connectivity index (χ3v) is 6.99. The first-order valence-electron chi connectivity index (χ1n) is 13.8. The molecule has 1 amide bonds. The summed E-state index contributed by atoms with van der Waals surface area (Å²) < 4.78 is 28.2. The zero-order valence-electron chi connectivity index (χ0n) is 22.8. The molecule has 1 aromatic rings. The summed E-state index contributed by atoms with van der Waals surface area (Å²) >= 11 is 0. The molecular formula is C29H43NO8. The Hall–Kier alpha value is -2.46. The van der Waals surface area contributed by atoms with Gasteiger partial charge in [-0.15, -0.1) is 0 Å². The lowest BCUT2D eigenvalue weighted by Crippen LogP contribution is -2.41. The Labute approximate surface area is 226 Å². The summed E-state index contributed by atoms with van der Waals surface area (Å²) in [5, 5.41) is 8.84. The van der Waals surface area contributed by atoms with E-state index in [-0.39, 0.29) is 31.0 Å². The minimum atomic E-state index is -0.613. The van der Waals surface area contributed by atoms with Crippen LogP contribution in [0.25, 0.3) is 0 Å². The van der Waals surface area contributed by atoms with Crippen molar-refractivity contribution in [1.29, 1.82) is 0 Å².